The van der Waals surface area contributed by atoms with Crippen LogP contribution in [0, 0.1) is 0 Å². The number of aryl methyl sites for hydroxylation is 1. The molecule has 1 fully saturated rings. The van der Waals surface area contributed by atoms with Gasteiger partial charge in [-0.25, -0.2) is 0 Å². The van der Waals surface area contributed by atoms with Crippen molar-refractivity contribution in [2.45, 2.75) is 32.2 Å². The topological polar surface area (TPSA) is 28.2 Å². The molecule has 0 amide bonds. The summed E-state index contributed by atoms with van der Waals surface area (Å²) < 4.78 is 0. The van der Waals surface area contributed by atoms with E-state index in [0.29, 0.717) is 6.04 Å². The SMILES string of the molecule is CCc1cc(N(C)C2CCCNC2)ccn1. The Bertz CT molecular complexity index is 332. The first-order valence-electron chi connectivity index (χ1n) is 6.19. The van der Waals surface area contributed by atoms with Crippen LogP contribution in [0.5, 0.6) is 0 Å². The molecule has 1 unspecified atom stereocenters. The van der Waals surface area contributed by atoms with Gasteiger partial charge in [-0.15, -0.1) is 0 Å². The minimum absolute atomic E-state index is 0.626. The molecule has 0 aromatic carbocycles. The van der Waals surface area contributed by atoms with E-state index in [9.17, 15) is 0 Å². The van der Waals surface area contributed by atoms with Gasteiger partial charge in [-0.1, -0.05) is 6.92 Å². The van der Waals surface area contributed by atoms with Crippen molar-refractivity contribution in [3.05, 3.63) is 24.0 Å². The summed E-state index contributed by atoms with van der Waals surface area (Å²) in [5.41, 5.74) is 2.47. The van der Waals surface area contributed by atoms with Crippen molar-refractivity contribution in [3.63, 3.8) is 0 Å². The fourth-order valence-corrected chi connectivity index (χ4v) is 2.25. The molecule has 1 saturated heterocycles. The summed E-state index contributed by atoms with van der Waals surface area (Å²) in [4.78, 5) is 6.73. The number of pyridine rings is 1. The maximum absolute atomic E-state index is 4.34. The molecule has 2 rings (SSSR count). The van der Waals surface area contributed by atoms with Gasteiger partial charge in [0.05, 0.1) is 0 Å². The predicted octanol–water partition coefficient (Wildman–Crippen LogP) is 1.83. The highest BCUT2D eigenvalue weighted by Gasteiger charge is 2.17. The van der Waals surface area contributed by atoms with Crippen molar-refractivity contribution in [2.75, 3.05) is 25.0 Å². The Balaban J connectivity index is 2.09. The number of aromatic nitrogens is 1. The Morgan fingerprint density at radius 2 is 2.44 bits per heavy atom. The van der Waals surface area contributed by atoms with Crippen molar-refractivity contribution in [1.82, 2.24) is 10.3 Å². The number of likely N-dealkylation sites (N-methyl/N-ethyl adjacent to an activating group) is 1. The zero-order valence-electron chi connectivity index (χ0n) is 10.2. The number of hydrogen-bond acceptors (Lipinski definition) is 3. The number of piperidine rings is 1. The molecule has 1 aromatic heterocycles. The van der Waals surface area contributed by atoms with Gasteiger partial charge in [-0.3, -0.25) is 4.98 Å². The lowest BCUT2D eigenvalue weighted by atomic mass is 10.1. The van der Waals surface area contributed by atoms with E-state index in [0.717, 1.165) is 13.0 Å². The average molecular weight is 219 g/mol. The normalized spacial score (nSPS) is 20.8. The van der Waals surface area contributed by atoms with Gasteiger partial charge in [-0.05, 0) is 37.9 Å². The van der Waals surface area contributed by atoms with Crippen LogP contribution in [0.15, 0.2) is 18.3 Å². The van der Waals surface area contributed by atoms with Crippen molar-refractivity contribution in [3.8, 4) is 0 Å². The monoisotopic (exact) mass is 219 g/mol. The van der Waals surface area contributed by atoms with Gasteiger partial charge in [0.15, 0.2) is 0 Å². The molecule has 1 aromatic rings. The summed E-state index contributed by atoms with van der Waals surface area (Å²) in [5.74, 6) is 0. The highest BCUT2D eigenvalue weighted by Crippen LogP contribution is 2.19. The molecule has 88 valence electrons. The van der Waals surface area contributed by atoms with E-state index >= 15 is 0 Å². The summed E-state index contributed by atoms with van der Waals surface area (Å²) >= 11 is 0. The first kappa shape index (κ1) is 11.4. The Kier molecular flexibility index (Phi) is 3.78. The Morgan fingerprint density at radius 3 is 3.12 bits per heavy atom. The van der Waals surface area contributed by atoms with Gasteiger partial charge in [0.1, 0.15) is 0 Å². The standard InChI is InChI=1S/C13H21N3/c1-3-11-9-12(6-8-15-11)16(2)13-5-4-7-14-10-13/h6,8-9,13-14H,3-5,7,10H2,1-2H3. The third-order valence-electron chi connectivity index (χ3n) is 3.39. The highest BCUT2D eigenvalue weighted by atomic mass is 15.2. The molecule has 3 nitrogen and oxygen atoms in total. The fourth-order valence-electron chi connectivity index (χ4n) is 2.25. The van der Waals surface area contributed by atoms with Gasteiger partial charge in [0.25, 0.3) is 0 Å². The van der Waals surface area contributed by atoms with Gasteiger partial charge >= 0.3 is 0 Å². The Morgan fingerprint density at radius 1 is 1.56 bits per heavy atom. The highest BCUT2D eigenvalue weighted by molar-refractivity contribution is 5.47. The van der Waals surface area contributed by atoms with Crippen LogP contribution in [0.4, 0.5) is 5.69 Å². The van der Waals surface area contributed by atoms with Crippen LogP contribution in [-0.4, -0.2) is 31.2 Å². The molecule has 2 heterocycles. The first-order chi connectivity index (χ1) is 7.81. The van der Waals surface area contributed by atoms with Gasteiger partial charge < -0.3 is 10.2 Å². The number of nitrogens with zero attached hydrogens (tertiary/aromatic N) is 2. The second kappa shape index (κ2) is 5.30. The summed E-state index contributed by atoms with van der Waals surface area (Å²) in [5, 5.41) is 3.46. The molecule has 0 radical (unpaired) electrons. The minimum Gasteiger partial charge on any atom is -0.370 e. The van der Waals surface area contributed by atoms with Crippen LogP contribution >= 0.6 is 0 Å². The van der Waals surface area contributed by atoms with Crippen LogP contribution in [0.25, 0.3) is 0 Å². The molecule has 1 N–H and O–H groups in total. The maximum atomic E-state index is 4.34. The van der Waals surface area contributed by atoms with E-state index in [1.165, 1.54) is 30.8 Å². The predicted molar refractivity (Wildman–Crippen MR) is 67.9 cm³/mol. The molecule has 16 heavy (non-hydrogen) atoms. The van der Waals surface area contributed by atoms with Crippen molar-refractivity contribution in [1.29, 1.82) is 0 Å². The van der Waals surface area contributed by atoms with E-state index in [1.807, 2.05) is 6.20 Å². The third kappa shape index (κ3) is 2.53. The molecule has 0 aliphatic carbocycles. The number of nitrogens with one attached hydrogen (secondary N) is 1. The zero-order valence-corrected chi connectivity index (χ0v) is 10.2. The minimum atomic E-state index is 0.626. The van der Waals surface area contributed by atoms with Crippen LogP contribution in [0.3, 0.4) is 0 Å². The van der Waals surface area contributed by atoms with Gasteiger partial charge in [0.2, 0.25) is 0 Å². The second-order valence-electron chi connectivity index (χ2n) is 4.47. The fraction of sp³-hybridized carbons (Fsp3) is 0.615. The summed E-state index contributed by atoms with van der Waals surface area (Å²) in [6.07, 6.45) is 5.49. The number of anilines is 1. The van der Waals surface area contributed by atoms with Crippen LogP contribution in [-0.2, 0) is 6.42 Å². The van der Waals surface area contributed by atoms with Crippen molar-refractivity contribution < 1.29 is 0 Å². The van der Waals surface area contributed by atoms with Crippen LogP contribution in [0.2, 0.25) is 0 Å². The lowest BCUT2D eigenvalue weighted by Crippen LogP contribution is -2.44. The van der Waals surface area contributed by atoms with E-state index in [-0.39, 0.29) is 0 Å². The number of rotatable bonds is 3. The summed E-state index contributed by atoms with van der Waals surface area (Å²) in [6, 6.07) is 4.93. The molecule has 1 aliphatic heterocycles. The summed E-state index contributed by atoms with van der Waals surface area (Å²) in [7, 11) is 2.19. The quantitative estimate of drug-likeness (QED) is 0.840. The average Bonchev–Trinajstić information content (AvgIpc) is 2.39. The maximum Gasteiger partial charge on any atom is 0.0421 e. The Labute approximate surface area is 97.9 Å². The molecule has 1 atom stereocenters. The van der Waals surface area contributed by atoms with Crippen LogP contribution < -0.4 is 10.2 Å². The lowest BCUT2D eigenvalue weighted by molar-refractivity contribution is 0.445. The molecule has 0 bridgehead atoms. The summed E-state index contributed by atoms with van der Waals surface area (Å²) in [6.45, 7) is 4.41. The Hall–Kier alpha value is -1.09. The van der Waals surface area contributed by atoms with Crippen molar-refractivity contribution >= 4 is 5.69 Å². The van der Waals surface area contributed by atoms with Crippen molar-refractivity contribution in [2.24, 2.45) is 0 Å². The van der Waals surface area contributed by atoms with E-state index in [4.69, 9.17) is 0 Å². The first-order valence-corrected chi connectivity index (χ1v) is 6.19. The second-order valence-corrected chi connectivity index (χ2v) is 4.47. The van der Waals surface area contributed by atoms with E-state index in [1.54, 1.807) is 0 Å². The van der Waals surface area contributed by atoms with Gasteiger partial charge in [-0.2, -0.15) is 0 Å². The van der Waals surface area contributed by atoms with E-state index < -0.39 is 0 Å². The molecule has 0 saturated carbocycles. The zero-order chi connectivity index (χ0) is 11.4. The number of hydrogen-bond donors (Lipinski definition) is 1. The van der Waals surface area contributed by atoms with Gasteiger partial charge in [0, 0.05) is 37.2 Å². The van der Waals surface area contributed by atoms with E-state index in [2.05, 4.69) is 41.3 Å². The third-order valence-corrected chi connectivity index (χ3v) is 3.39. The molecule has 1 aliphatic rings. The molecule has 0 spiro atoms. The largest absolute Gasteiger partial charge is 0.370 e. The molecular weight excluding hydrogens is 198 g/mol. The smallest absolute Gasteiger partial charge is 0.0421 e. The van der Waals surface area contributed by atoms with Crippen LogP contribution in [0.1, 0.15) is 25.5 Å². The lowest BCUT2D eigenvalue weighted by Gasteiger charge is -2.33. The molecule has 3 heteroatoms. The molecular formula is C13H21N3.